The first-order valence-corrected chi connectivity index (χ1v) is 7.88. The van der Waals surface area contributed by atoms with Crippen LogP contribution < -0.4 is 10.5 Å². The molecule has 0 radical (unpaired) electrons. The zero-order valence-corrected chi connectivity index (χ0v) is 12.8. The number of hydrogen-bond donors (Lipinski definition) is 2. The van der Waals surface area contributed by atoms with Gasteiger partial charge in [-0.3, -0.25) is 0 Å². The lowest BCUT2D eigenvalue weighted by Crippen LogP contribution is -2.40. The minimum atomic E-state index is -4.59. The topological polar surface area (TPSA) is 72.2 Å². The highest BCUT2D eigenvalue weighted by Gasteiger charge is 2.34. The van der Waals surface area contributed by atoms with Gasteiger partial charge in [-0.1, -0.05) is 13.0 Å². The number of benzene rings is 1. The maximum absolute atomic E-state index is 12.8. The fourth-order valence-corrected chi connectivity index (χ4v) is 3.46. The molecule has 0 heterocycles. The lowest BCUT2D eigenvalue weighted by Gasteiger charge is -2.21. The standard InChI is InChI=1S/C13H19F3N2O2S/c1-8(7-17)10(3)18-21(19,20)12-6-4-5-11(9(12)2)13(14,15)16/h4-6,8,10,18H,7,17H2,1-3H3. The molecule has 0 fully saturated rings. The molecule has 2 unspecified atom stereocenters. The number of halogens is 3. The van der Waals surface area contributed by atoms with Crippen molar-refractivity contribution in [3.05, 3.63) is 29.3 Å². The first-order chi connectivity index (χ1) is 9.50. The summed E-state index contributed by atoms with van der Waals surface area (Å²) in [6.45, 7) is 4.80. The average Bonchev–Trinajstić information content (AvgIpc) is 2.35. The van der Waals surface area contributed by atoms with Crippen LogP contribution in [0.4, 0.5) is 13.2 Å². The monoisotopic (exact) mass is 324 g/mol. The summed E-state index contributed by atoms with van der Waals surface area (Å²) >= 11 is 0. The molecule has 21 heavy (non-hydrogen) atoms. The van der Waals surface area contributed by atoms with E-state index in [-0.39, 0.29) is 22.9 Å². The van der Waals surface area contributed by atoms with Crippen molar-refractivity contribution < 1.29 is 21.6 Å². The first-order valence-electron chi connectivity index (χ1n) is 6.40. The van der Waals surface area contributed by atoms with Crippen molar-refractivity contribution in [3.8, 4) is 0 Å². The number of nitrogens with two attached hydrogens (primary N) is 1. The SMILES string of the molecule is Cc1c(C(F)(F)F)cccc1S(=O)(=O)NC(C)C(C)CN. The van der Waals surface area contributed by atoms with Crippen molar-refractivity contribution in [1.82, 2.24) is 4.72 Å². The van der Waals surface area contributed by atoms with Crippen LogP contribution >= 0.6 is 0 Å². The molecule has 1 rings (SSSR count). The van der Waals surface area contributed by atoms with Crippen molar-refractivity contribution in [2.45, 2.75) is 37.9 Å². The molecule has 120 valence electrons. The summed E-state index contributed by atoms with van der Waals surface area (Å²) in [6.07, 6.45) is -4.59. The molecule has 8 heteroatoms. The third kappa shape index (κ3) is 4.18. The summed E-state index contributed by atoms with van der Waals surface area (Å²) in [5, 5.41) is 0. The second-order valence-electron chi connectivity index (χ2n) is 5.05. The predicted molar refractivity (Wildman–Crippen MR) is 74.2 cm³/mol. The summed E-state index contributed by atoms with van der Waals surface area (Å²) in [6, 6.07) is 2.63. The molecule has 0 aliphatic carbocycles. The third-order valence-corrected chi connectivity index (χ3v) is 5.15. The van der Waals surface area contributed by atoms with E-state index in [9.17, 15) is 21.6 Å². The van der Waals surface area contributed by atoms with E-state index in [1.54, 1.807) is 13.8 Å². The van der Waals surface area contributed by atoms with E-state index in [4.69, 9.17) is 5.73 Å². The highest BCUT2D eigenvalue weighted by Crippen LogP contribution is 2.34. The molecule has 0 bridgehead atoms. The highest BCUT2D eigenvalue weighted by atomic mass is 32.2. The molecule has 0 aromatic heterocycles. The summed E-state index contributed by atoms with van der Waals surface area (Å²) in [5.41, 5.74) is 4.19. The molecule has 0 aliphatic rings. The van der Waals surface area contributed by atoms with Gasteiger partial charge in [-0.05, 0) is 44.0 Å². The van der Waals surface area contributed by atoms with Crippen LogP contribution in [-0.4, -0.2) is 21.0 Å². The number of sulfonamides is 1. The quantitative estimate of drug-likeness (QED) is 0.873. The van der Waals surface area contributed by atoms with Crippen molar-refractivity contribution in [2.75, 3.05) is 6.54 Å². The van der Waals surface area contributed by atoms with Crippen molar-refractivity contribution in [2.24, 2.45) is 11.7 Å². The molecular weight excluding hydrogens is 305 g/mol. The van der Waals surface area contributed by atoms with E-state index < -0.39 is 27.8 Å². The zero-order valence-electron chi connectivity index (χ0n) is 12.0. The van der Waals surface area contributed by atoms with Gasteiger partial charge in [0.1, 0.15) is 0 Å². The average molecular weight is 324 g/mol. The maximum atomic E-state index is 12.8. The van der Waals surface area contributed by atoms with Gasteiger partial charge in [0.25, 0.3) is 0 Å². The summed E-state index contributed by atoms with van der Waals surface area (Å²) < 4.78 is 65.3. The summed E-state index contributed by atoms with van der Waals surface area (Å²) in [7, 11) is -4.03. The number of nitrogens with one attached hydrogen (secondary N) is 1. The van der Waals surface area contributed by atoms with E-state index in [0.29, 0.717) is 0 Å². The molecule has 0 saturated heterocycles. The minimum Gasteiger partial charge on any atom is -0.330 e. The normalized spacial score (nSPS) is 15.8. The number of hydrogen-bond acceptors (Lipinski definition) is 3. The maximum Gasteiger partial charge on any atom is 0.416 e. The van der Waals surface area contributed by atoms with Crippen LogP contribution in [0.15, 0.2) is 23.1 Å². The fourth-order valence-electron chi connectivity index (χ4n) is 1.84. The Morgan fingerprint density at radius 2 is 1.86 bits per heavy atom. The Morgan fingerprint density at radius 1 is 1.29 bits per heavy atom. The molecule has 4 nitrogen and oxygen atoms in total. The second kappa shape index (κ2) is 6.33. The molecular formula is C13H19F3N2O2S. The van der Waals surface area contributed by atoms with E-state index >= 15 is 0 Å². The van der Waals surface area contributed by atoms with Crippen LogP contribution in [-0.2, 0) is 16.2 Å². The molecule has 0 spiro atoms. The van der Waals surface area contributed by atoms with Gasteiger partial charge < -0.3 is 5.73 Å². The molecule has 0 amide bonds. The molecule has 3 N–H and O–H groups in total. The van der Waals surface area contributed by atoms with Crippen LogP contribution in [0.25, 0.3) is 0 Å². The smallest absolute Gasteiger partial charge is 0.330 e. The van der Waals surface area contributed by atoms with Gasteiger partial charge in [0.2, 0.25) is 10.0 Å². The van der Waals surface area contributed by atoms with Crippen LogP contribution in [0.5, 0.6) is 0 Å². The van der Waals surface area contributed by atoms with Crippen molar-refractivity contribution in [1.29, 1.82) is 0 Å². The molecule has 0 saturated carbocycles. The zero-order chi connectivity index (χ0) is 16.4. The van der Waals surface area contributed by atoms with Crippen LogP contribution in [0.2, 0.25) is 0 Å². The van der Waals surface area contributed by atoms with Crippen molar-refractivity contribution >= 4 is 10.0 Å². The van der Waals surface area contributed by atoms with Gasteiger partial charge >= 0.3 is 6.18 Å². The fraction of sp³-hybridized carbons (Fsp3) is 0.538. The third-order valence-electron chi connectivity index (χ3n) is 3.45. The van der Waals surface area contributed by atoms with Crippen LogP contribution in [0.1, 0.15) is 25.0 Å². The van der Waals surface area contributed by atoms with E-state index in [1.165, 1.54) is 0 Å². The van der Waals surface area contributed by atoms with E-state index in [2.05, 4.69) is 4.72 Å². The largest absolute Gasteiger partial charge is 0.416 e. The van der Waals surface area contributed by atoms with Gasteiger partial charge in [-0.2, -0.15) is 13.2 Å². The summed E-state index contributed by atoms with van der Waals surface area (Å²) in [4.78, 5) is -0.367. The number of rotatable bonds is 5. The second-order valence-corrected chi connectivity index (χ2v) is 6.73. The lowest BCUT2D eigenvalue weighted by atomic mass is 10.1. The Balaban J connectivity index is 3.22. The first kappa shape index (κ1) is 17.9. The van der Waals surface area contributed by atoms with Crippen molar-refractivity contribution in [3.63, 3.8) is 0 Å². The molecule has 0 aliphatic heterocycles. The van der Waals surface area contributed by atoms with Gasteiger partial charge in [-0.15, -0.1) is 0 Å². The van der Waals surface area contributed by atoms with Crippen LogP contribution in [0, 0.1) is 12.8 Å². The van der Waals surface area contributed by atoms with Gasteiger partial charge in [-0.25, -0.2) is 13.1 Å². The molecule has 1 aromatic carbocycles. The van der Waals surface area contributed by atoms with E-state index in [1.807, 2.05) is 0 Å². The summed E-state index contributed by atoms with van der Waals surface area (Å²) in [5.74, 6) is -0.133. The van der Waals surface area contributed by atoms with Crippen LogP contribution in [0.3, 0.4) is 0 Å². The van der Waals surface area contributed by atoms with Gasteiger partial charge in [0.05, 0.1) is 10.5 Å². The van der Waals surface area contributed by atoms with Gasteiger partial charge in [0, 0.05) is 6.04 Å². The predicted octanol–water partition coefficient (Wildman–Crippen LogP) is 2.28. The Hall–Kier alpha value is -1.12. The molecule has 2 atom stereocenters. The minimum absolute atomic E-state index is 0.133. The van der Waals surface area contributed by atoms with Gasteiger partial charge in [0.15, 0.2) is 0 Å². The van der Waals surface area contributed by atoms with E-state index in [0.717, 1.165) is 25.1 Å². The Labute approximate surface area is 122 Å². The highest BCUT2D eigenvalue weighted by molar-refractivity contribution is 7.89. The molecule has 1 aromatic rings. The number of alkyl halides is 3. The Morgan fingerprint density at radius 3 is 2.33 bits per heavy atom. The lowest BCUT2D eigenvalue weighted by molar-refractivity contribution is -0.138. The Kier molecular flexibility index (Phi) is 5.40. The Bertz CT molecular complexity index is 600.